The lowest BCUT2D eigenvalue weighted by Gasteiger charge is -2.39. The molecule has 4 aromatic rings. The molecule has 194 valence electrons. The highest BCUT2D eigenvalue weighted by Crippen LogP contribution is 2.51. The van der Waals surface area contributed by atoms with Gasteiger partial charge in [0.05, 0.1) is 11.7 Å². The maximum Gasteiger partial charge on any atom is 0.205 e. The minimum Gasteiger partial charge on any atom is -0.460 e. The van der Waals surface area contributed by atoms with E-state index in [0.717, 1.165) is 46.4 Å². The molecule has 3 heterocycles. The molecule has 1 aliphatic rings. The van der Waals surface area contributed by atoms with Crippen LogP contribution in [0.2, 0.25) is 0 Å². The molecule has 2 atom stereocenters. The molecule has 5 rings (SSSR count). The van der Waals surface area contributed by atoms with E-state index in [4.69, 9.17) is 14.9 Å². The van der Waals surface area contributed by atoms with Crippen molar-refractivity contribution < 1.29 is 9.15 Å². The number of hydrogen-bond acceptors (Lipinski definition) is 5. The SMILES string of the molecule is CC1=C(C(C)(CCC(C)C)c2cc3cc(C)ccc3o2)C(c2ccc(-n3ccnc3)cc2)C(C#N)=C(N)O1. The molecule has 0 fully saturated rings. The number of rotatable bonds is 7. The molecular formula is C32H34N4O2. The third-order valence-electron chi connectivity index (χ3n) is 7.67. The fourth-order valence-electron chi connectivity index (χ4n) is 5.58. The molecule has 1 aliphatic heterocycles. The van der Waals surface area contributed by atoms with Crippen LogP contribution < -0.4 is 5.73 Å². The molecule has 0 bridgehead atoms. The molecule has 0 saturated carbocycles. The monoisotopic (exact) mass is 506 g/mol. The number of aromatic nitrogens is 2. The van der Waals surface area contributed by atoms with E-state index in [9.17, 15) is 5.26 Å². The van der Waals surface area contributed by atoms with Crippen LogP contribution in [0.5, 0.6) is 0 Å². The molecular weight excluding hydrogens is 472 g/mol. The zero-order valence-electron chi connectivity index (χ0n) is 22.7. The van der Waals surface area contributed by atoms with E-state index in [1.54, 1.807) is 12.5 Å². The summed E-state index contributed by atoms with van der Waals surface area (Å²) in [5.41, 5.74) is 11.2. The van der Waals surface area contributed by atoms with Gasteiger partial charge in [-0.25, -0.2) is 4.98 Å². The molecule has 2 unspecified atom stereocenters. The maximum absolute atomic E-state index is 10.3. The van der Waals surface area contributed by atoms with Crippen molar-refractivity contribution in [1.29, 1.82) is 5.26 Å². The summed E-state index contributed by atoms with van der Waals surface area (Å²) in [6, 6.07) is 19.0. The van der Waals surface area contributed by atoms with E-state index >= 15 is 0 Å². The number of ether oxygens (including phenoxy) is 1. The van der Waals surface area contributed by atoms with Crippen molar-refractivity contribution in [3.05, 3.63) is 107 Å². The van der Waals surface area contributed by atoms with Crippen LogP contribution in [0.15, 0.2) is 94.5 Å². The summed E-state index contributed by atoms with van der Waals surface area (Å²) in [6.45, 7) is 10.7. The summed E-state index contributed by atoms with van der Waals surface area (Å²) < 4.78 is 14.6. The minimum absolute atomic E-state index is 0.156. The number of nitriles is 1. The van der Waals surface area contributed by atoms with Crippen LogP contribution in [-0.4, -0.2) is 9.55 Å². The van der Waals surface area contributed by atoms with Gasteiger partial charge >= 0.3 is 0 Å². The maximum atomic E-state index is 10.3. The zero-order valence-corrected chi connectivity index (χ0v) is 22.7. The average Bonchev–Trinajstić information content (AvgIpc) is 3.57. The van der Waals surface area contributed by atoms with E-state index in [-0.39, 0.29) is 11.8 Å². The molecule has 0 radical (unpaired) electrons. The first kappa shape index (κ1) is 25.4. The predicted octanol–water partition coefficient (Wildman–Crippen LogP) is 7.40. The first-order valence-corrected chi connectivity index (χ1v) is 13.1. The smallest absolute Gasteiger partial charge is 0.205 e. The summed E-state index contributed by atoms with van der Waals surface area (Å²) >= 11 is 0. The number of nitrogens with two attached hydrogens (primary N) is 1. The van der Waals surface area contributed by atoms with Crippen molar-refractivity contribution in [2.75, 3.05) is 0 Å². The third kappa shape index (κ3) is 4.50. The second-order valence-electron chi connectivity index (χ2n) is 10.9. The number of furan rings is 1. The highest BCUT2D eigenvalue weighted by atomic mass is 16.5. The van der Waals surface area contributed by atoms with Gasteiger partial charge < -0.3 is 19.5 Å². The van der Waals surface area contributed by atoms with E-state index in [2.05, 4.69) is 69.1 Å². The zero-order chi connectivity index (χ0) is 27.0. The molecule has 2 aromatic heterocycles. The lowest BCUT2D eigenvalue weighted by Crippen LogP contribution is -2.34. The Bertz CT molecular complexity index is 1570. The van der Waals surface area contributed by atoms with Crippen molar-refractivity contribution in [3.63, 3.8) is 0 Å². The van der Waals surface area contributed by atoms with E-state index in [0.29, 0.717) is 17.3 Å². The fraction of sp³-hybridized carbons (Fsp3) is 0.312. The number of hydrogen-bond donors (Lipinski definition) is 1. The van der Waals surface area contributed by atoms with Crippen LogP contribution in [0.3, 0.4) is 0 Å². The number of imidazole rings is 1. The summed E-state index contributed by atoms with van der Waals surface area (Å²) in [5.74, 6) is 1.87. The summed E-state index contributed by atoms with van der Waals surface area (Å²) in [7, 11) is 0. The number of nitrogens with zero attached hydrogens (tertiary/aromatic N) is 3. The molecule has 38 heavy (non-hydrogen) atoms. The molecule has 0 spiro atoms. The third-order valence-corrected chi connectivity index (χ3v) is 7.67. The van der Waals surface area contributed by atoms with Gasteiger partial charge in [-0.2, -0.15) is 5.26 Å². The minimum atomic E-state index is -0.530. The van der Waals surface area contributed by atoms with Gasteiger partial charge in [-0.3, -0.25) is 0 Å². The standard InChI is InChI=1S/C32H34N4O2/c1-20(2)12-13-32(5,28-17-24-16-21(3)6-11-27(24)38-28)30-22(4)37-31(34)26(18-33)29(30)23-7-9-25(10-8-23)36-15-14-35-19-36/h6-11,14-17,19-20,29H,12-13,34H2,1-5H3. The highest BCUT2D eigenvalue weighted by Gasteiger charge is 2.44. The second-order valence-corrected chi connectivity index (χ2v) is 10.9. The number of allylic oxidation sites excluding steroid dienone is 3. The highest BCUT2D eigenvalue weighted by molar-refractivity contribution is 5.79. The number of benzene rings is 2. The van der Waals surface area contributed by atoms with Crippen LogP contribution in [0.1, 0.15) is 63.3 Å². The Morgan fingerprint density at radius 2 is 1.89 bits per heavy atom. The van der Waals surface area contributed by atoms with Gasteiger partial charge in [0.15, 0.2) is 0 Å². The van der Waals surface area contributed by atoms with Crippen molar-refractivity contribution >= 4 is 11.0 Å². The van der Waals surface area contributed by atoms with Crippen LogP contribution in [0.25, 0.3) is 16.7 Å². The van der Waals surface area contributed by atoms with E-state index in [1.807, 2.05) is 35.9 Å². The molecule has 0 aliphatic carbocycles. The van der Waals surface area contributed by atoms with Crippen molar-refractivity contribution in [2.24, 2.45) is 11.7 Å². The van der Waals surface area contributed by atoms with Crippen LogP contribution in [-0.2, 0) is 10.2 Å². The van der Waals surface area contributed by atoms with Gasteiger partial charge in [0.1, 0.15) is 28.7 Å². The summed E-state index contributed by atoms with van der Waals surface area (Å²) in [4.78, 5) is 4.15. The Labute approximate surface area is 224 Å². The lowest BCUT2D eigenvalue weighted by atomic mass is 9.66. The van der Waals surface area contributed by atoms with Crippen molar-refractivity contribution in [1.82, 2.24) is 9.55 Å². The quantitative estimate of drug-likeness (QED) is 0.282. The molecule has 2 aromatic carbocycles. The van der Waals surface area contributed by atoms with Gasteiger partial charge in [0, 0.05) is 29.4 Å². The van der Waals surface area contributed by atoms with Crippen molar-refractivity contribution in [3.8, 4) is 11.8 Å². The van der Waals surface area contributed by atoms with Gasteiger partial charge in [-0.15, -0.1) is 0 Å². The molecule has 2 N–H and O–H groups in total. The first-order valence-electron chi connectivity index (χ1n) is 13.1. The predicted molar refractivity (Wildman–Crippen MR) is 149 cm³/mol. The Balaban J connectivity index is 1.68. The van der Waals surface area contributed by atoms with Gasteiger partial charge in [-0.1, -0.05) is 37.6 Å². The molecule has 0 saturated heterocycles. The Morgan fingerprint density at radius 1 is 1.13 bits per heavy atom. The second kappa shape index (κ2) is 9.90. The Morgan fingerprint density at radius 3 is 2.55 bits per heavy atom. The lowest BCUT2D eigenvalue weighted by molar-refractivity contribution is 0.255. The van der Waals surface area contributed by atoms with Crippen molar-refractivity contribution in [2.45, 2.75) is 58.8 Å². The number of fused-ring (bicyclic) bond motifs is 1. The Kier molecular flexibility index (Phi) is 6.62. The average molecular weight is 507 g/mol. The first-order chi connectivity index (χ1) is 18.2. The van der Waals surface area contributed by atoms with Gasteiger partial charge in [-0.05, 0) is 81.0 Å². The molecule has 6 heteroatoms. The van der Waals surface area contributed by atoms with E-state index in [1.165, 1.54) is 5.56 Å². The fourth-order valence-corrected chi connectivity index (χ4v) is 5.58. The number of aryl methyl sites for hydroxylation is 1. The largest absolute Gasteiger partial charge is 0.460 e. The molecule has 0 amide bonds. The molecule has 6 nitrogen and oxygen atoms in total. The normalized spacial score (nSPS) is 17.6. The Hall–Kier alpha value is -4.24. The van der Waals surface area contributed by atoms with Crippen LogP contribution in [0, 0.1) is 24.2 Å². The topological polar surface area (TPSA) is 90.0 Å². The van der Waals surface area contributed by atoms with Crippen LogP contribution in [0.4, 0.5) is 0 Å². The van der Waals surface area contributed by atoms with Gasteiger partial charge in [0.25, 0.3) is 0 Å². The van der Waals surface area contributed by atoms with Gasteiger partial charge in [0.2, 0.25) is 5.88 Å². The summed E-state index contributed by atoms with van der Waals surface area (Å²) in [5, 5.41) is 11.3. The van der Waals surface area contributed by atoms with E-state index < -0.39 is 5.41 Å². The van der Waals surface area contributed by atoms with Crippen LogP contribution >= 0.6 is 0 Å². The summed E-state index contributed by atoms with van der Waals surface area (Å²) in [6.07, 6.45) is 7.24.